The zero-order valence-electron chi connectivity index (χ0n) is 16.9. The summed E-state index contributed by atoms with van der Waals surface area (Å²) in [6.45, 7) is -0.679. The lowest BCUT2D eigenvalue weighted by Crippen LogP contribution is -2.67. The highest BCUT2D eigenvalue weighted by molar-refractivity contribution is 6.34. The lowest BCUT2D eigenvalue weighted by Gasteiger charge is -2.43. The molecule has 0 saturated carbocycles. The molecule has 4 rings (SSSR count). The van der Waals surface area contributed by atoms with Gasteiger partial charge in [-0.2, -0.15) is 0 Å². The van der Waals surface area contributed by atoms with Crippen LogP contribution in [0.5, 0.6) is 23.0 Å². The number of aliphatic hydroxyl groups is 4. The van der Waals surface area contributed by atoms with E-state index >= 15 is 0 Å². The molecule has 3 aromatic rings. The Labute approximate surface area is 186 Å². The molecule has 0 unspecified atom stereocenters. The fourth-order valence-corrected chi connectivity index (χ4v) is 4.28. The number of nitrogens with zero attached hydrogens (tertiary/aromatic N) is 3. The Hall–Kier alpha value is -2.80. The fourth-order valence-electron chi connectivity index (χ4n) is 4.10. The molecule has 1 saturated heterocycles. The summed E-state index contributed by atoms with van der Waals surface area (Å²) in [5.74, 6) is -7.93. The predicted molar refractivity (Wildman–Crippen MR) is 110 cm³/mol. The molecule has 12 heteroatoms. The SMILES string of the molecule is C[N+]1(Cc2nc3ccccc3n2Cc2c(O)c(O)c(Cl)c(O)c2O)C(O)(O)CCC1(O)O. The van der Waals surface area contributed by atoms with Gasteiger partial charge in [0.1, 0.15) is 11.6 Å². The number of halogens is 1. The standard InChI is InChI=1S/C20H22ClN3O8/c1-24(19(29,30)6-7-20(24,31)32)9-13-22-11-4-2-3-5-12(11)23(13)8-10-15(25)17(27)14(21)18(28)16(10)26/h2-5,29-32H,6-9H2,1H3,(H3-,25,26,27,28)/p+1. The Kier molecular flexibility index (Phi) is 4.97. The molecule has 0 bridgehead atoms. The van der Waals surface area contributed by atoms with Gasteiger partial charge in [0, 0.05) is 0 Å². The summed E-state index contributed by atoms with van der Waals surface area (Å²) in [4.78, 5) is 4.46. The topological polar surface area (TPSA) is 180 Å². The van der Waals surface area contributed by atoms with E-state index in [9.17, 15) is 40.9 Å². The number of quaternary nitrogens is 1. The molecule has 32 heavy (non-hydrogen) atoms. The average molecular weight is 469 g/mol. The first-order valence-electron chi connectivity index (χ1n) is 9.64. The summed E-state index contributed by atoms with van der Waals surface area (Å²) >= 11 is 5.71. The number of imidazole rings is 1. The van der Waals surface area contributed by atoms with E-state index in [1.807, 2.05) is 0 Å². The van der Waals surface area contributed by atoms with Gasteiger partial charge in [0.15, 0.2) is 28.8 Å². The Morgan fingerprint density at radius 1 is 0.938 bits per heavy atom. The van der Waals surface area contributed by atoms with Gasteiger partial charge >= 0.3 is 11.8 Å². The minimum atomic E-state index is -2.46. The van der Waals surface area contributed by atoms with E-state index in [1.165, 1.54) is 11.6 Å². The van der Waals surface area contributed by atoms with Gasteiger partial charge in [-0.1, -0.05) is 23.7 Å². The summed E-state index contributed by atoms with van der Waals surface area (Å²) < 4.78 is 0.475. The van der Waals surface area contributed by atoms with Crippen molar-refractivity contribution in [1.82, 2.24) is 9.55 Å². The van der Waals surface area contributed by atoms with Crippen LogP contribution in [0.2, 0.25) is 5.02 Å². The fraction of sp³-hybridized carbons (Fsp3) is 0.350. The summed E-state index contributed by atoms with van der Waals surface area (Å²) in [5.41, 5.74) is 0.707. The van der Waals surface area contributed by atoms with Gasteiger partial charge < -0.3 is 45.4 Å². The van der Waals surface area contributed by atoms with Crippen LogP contribution in [0.1, 0.15) is 24.2 Å². The van der Waals surface area contributed by atoms with Gasteiger partial charge in [0.25, 0.3) is 0 Å². The van der Waals surface area contributed by atoms with Crippen LogP contribution in [0.15, 0.2) is 24.3 Å². The molecular formula is C20H23ClN3O8+. The van der Waals surface area contributed by atoms with E-state index in [2.05, 4.69) is 4.98 Å². The first-order valence-corrected chi connectivity index (χ1v) is 10.0. The number of aromatic hydroxyl groups is 4. The number of rotatable bonds is 4. The van der Waals surface area contributed by atoms with E-state index in [4.69, 9.17) is 11.6 Å². The summed E-state index contributed by atoms with van der Waals surface area (Å²) in [6, 6.07) is 6.77. The van der Waals surface area contributed by atoms with Gasteiger partial charge in [-0.25, -0.2) is 9.47 Å². The van der Waals surface area contributed by atoms with Crippen LogP contribution in [-0.4, -0.2) is 73.8 Å². The van der Waals surface area contributed by atoms with Crippen molar-refractivity contribution in [3.05, 3.63) is 40.7 Å². The monoisotopic (exact) mass is 468 g/mol. The third-order valence-corrected chi connectivity index (χ3v) is 6.68. The Morgan fingerprint density at radius 3 is 2.03 bits per heavy atom. The molecule has 1 aliphatic heterocycles. The molecule has 1 aromatic heterocycles. The molecule has 0 radical (unpaired) electrons. The summed E-state index contributed by atoms with van der Waals surface area (Å²) in [5, 5.41) is 81.9. The maximum Gasteiger partial charge on any atom is 0.318 e. The van der Waals surface area contributed by atoms with Crippen LogP contribution in [0.25, 0.3) is 11.0 Å². The summed E-state index contributed by atoms with van der Waals surface area (Å²) in [7, 11) is 1.26. The Balaban J connectivity index is 1.89. The molecule has 2 heterocycles. The van der Waals surface area contributed by atoms with Crippen molar-refractivity contribution in [1.29, 1.82) is 0 Å². The molecule has 0 aliphatic carbocycles. The maximum absolute atomic E-state index is 10.5. The average Bonchev–Trinajstić information content (AvgIpc) is 3.16. The van der Waals surface area contributed by atoms with Gasteiger partial charge in [-0.3, -0.25) is 0 Å². The van der Waals surface area contributed by atoms with Gasteiger partial charge in [-0.15, -0.1) is 0 Å². The second kappa shape index (κ2) is 7.10. The normalized spacial score (nSPS) is 18.9. The second-order valence-corrected chi connectivity index (χ2v) is 8.57. The van der Waals surface area contributed by atoms with Crippen LogP contribution in [0.4, 0.5) is 0 Å². The van der Waals surface area contributed by atoms with Crippen molar-refractivity contribution in [2.75, 3.05) is 7.05 Å². The Morgan fingerprint density at radius 2 is 1.47 bits per heavy atom. The van der Waals surface area contributed by atoms with E-state index in [-0.39, 0.29) is 37.3 Å². The van der Waals surface area contributed by atoms with Gasteiger partial charge in [0.2, 0.25) is 0 Å². The maximum atomic E-state index is 10.5. The number of para-hydroxylation sites is 2. The number of fused-ring (bicyclic) bond motifs is 1. The minimum Gasteiger partial charge on any atom is -0.504 e. The van der Waals surface area contributed by atoms with Crippen molar-refractivity contribution in [2.45, 2.75) is 37.8 Å². The first-order chi connectivity index (χ1) is 14.8. The van der Waals surface area contributed by atoms with Gasteiger partial charge in [-0.05, 0) is 12.1 Å². The smallest absolute Gasteiger partial charge is 0.318 e. The predicted octanol–water partition coefficient (Wildman–Crippen LogP) is 0.578. The van der Waals surface area contributed by atoms with E-state index in [0.29, 0.717) is 11.0 Å². The van der Waals surface area contributed by atoms with Crippen LogP contribution in [0, 0.1) is 0 Å². The lowest BCUT2D eigenvalue weighted by atomic mass is 10.1. The van der Waals surface area contributed by atoms with E-state index in [0.717, 1.165) is 0 Å². The van der Waals surface area contributed by atoms with Crippen molar-refractivity contribution in [2.24, 2.45) is 0 Å². The third-order valence-electron chi connectivity index (χ3n) is 6.32. The number of hydrogen-bond acceptors (Lipinski definition) is 9. The van der Waals surface area contributed by atoms with Crippen LogP contribution in [-0.2, 0) is 13.1 Å². The van der Waals surface area contributed by atoms with Gasteiger partial charge in [0.05, 0.1) is 43.0 Å². The van der Waals surface area contributed by atoms with Crippen molar-refractivity contribution < 1.29 is 45.3 Å². The van der Waals surface area contributed by atoms with Crippen molar-refractivity contribution >= 4 is 22.6 Å². The van der Waals surface area contributed by atoms with Crippen molar-refractivity contribution in [3.63, 3.8) is 0 Å². The van der Waals surface area contributed by atoms with E-state index < -0.39 is 44.3 Å². The van der Waals surface area contributed by atoms with Crippen LogP contribution >= 0.6 is 11.6 Å². The van der Waals surface area contributed by atoms with Crippen LogP contribution < -0.4 is 0 Å². The molecule has 2 aromatic carbocycles. The number of hydrogen-bond donors (Lipinski definition) is 8. The number of phenolic OH excluding ortho intramolecular Hbond substituents is 4. The zero-order valence-corrected chi connectivity index (χ0v) is 17.7. The number of likely N-dealkylation sites (tertiary alicyclic amines) is 1. The highest BCUT2D eigenvalue weighted by Gasteiger charge is 2.65. The lowest BCUT2D eigenvalue weighted by molar-refractivity contribution is -1.08. The largest absolute Gasteiger partial charge is 0.504 e. The summed E-state index contributed by atoms with van der Waals surface area (Å²) in [6.07, 6.45) is -0.589. The number of benzene rings is 2. The van der Waals surface area contributed by atoms with Crippen molar-refractivity contribution in [3.8, 4) is 23.0 Å². The van der Waals surface area contributed by atoms with Crippen LogP contribution in [0.3, 0.4) is 0 Å². The molecule has 11 nitrogen and oxygen atoms in total. The second-order valence-electron chi connectivity index (χ2n) is 8.19. The minimum absolute atomic E-state index is 0.156. The highest BCUT2D eigenvalue weighted by Crippen LogP contribution is 2.50. The molecule has 0 amide bonds. The molecular weight excluding hydrogens is 446 g/mol. The zero-order chi connectivity index (χ0) is 23.6. The quantitative estimate of drug-likeness (QED) is 0.117. The first kappa shape index (κ1) is 22.4. The number of aromatic nitrogens is 2. The number of phenols is 4. The molecule has 1 fully saturated rings. The molecule has 0 atom stereocenters. The third kappa shape index (κ3) is 3.05. The highest BCUT2D eigenvalue weighted by atomic mass is 35.5. The van der Waals surface area contributed by atoms with E-state index in [1.54, 1.807) is 24.3 Å². The molecule has 8 N–H and O–H groups in total. The Bertz CT molecular complexity index is 1180. The molecule has 1 aliphatic rings. The molecule has 172 valence electrons. The molecule has 0 spiro atoms.